The fourth-order valence-corrected chi connectivity index (χ4v) is 7.17. The molecule has 1 N–H and O–H groups in total. The first-order valence-corrected chi connectivity index (χ1v) is 16.8. The summed E-state index contributed by atoms with van der Waals surface area (Å²) >= 11 is 0. The van der Waals surface area contributed by atoms with E-state index in [-0.39, 0.29) is 18.1 Å². The summed E-state index contributed by atoms with van der Waals surface area (Å²) in [5.41, 5.74) is 2.76. The maximum Gasteiger partial charge on any atom is 0.276 e. The lowest BCUT2D eigenvalue weighted by Crippen LogP contribution is -2.51. The fraction of sp³-hybridized carbons (Fsp3) is 0.645. The molecule has 10 nitrogen and oxygen atoms in total. The number of hydrogen-bond acceptors (Lipinski definition) is 8. The van der Waals surface area contributed by atoms with Gasteiger partial charge >= 0.3 is 0 Å². The first-order chi connectivity index (χ1) is 20.3. The lowest BCUT2D eigenvalue weighted by atomic mass is 9.97. The molecule has 0 saturated carbocycles. The number of methoxy groups -OCH3 is 1. The van der Waals surface area contributed by atoms with E-state index in [1.807, 2.05) is 16.3 Å². The molecule has 0 bridgehead atoms. The van der Waals surface area contributed by atoms with E-state index in [1.165, 1.54) is 17.5 Å². The van der Waals surface area contributed by atoms with Gasteiger partial charge in [-0.05, 0) is 70.5 Å². The molecule has 11 heteroatoms. The molecule has 4 heterocycles. The van der Waals surface area contributed by atoms with Crippen molar-refractivity contribution in [3.63, 3.8) is 0 Å². The molecule has 5 rings (SSSR count). The van der Waals surface area contributed by atoms with Gasteiger partial charge in [0.25, 0.3) is 5.91 Å². The molecule has 1 aromatic heterocycles. The number of anilines is 1. The van der Waals surface area contributed by atoms with Crippen molar-refractivity contribution in [1.82, 2.24) is 24.1 Å². The Kier molecular flexibility index (Phi) is 10.5. The molecular formula is C31H46N6O4S. The van der Waals surface area contributed by atoms with Gasteiger partial charge in [-0.2, -0.15) is 0 Å². The molecule has 0 radical (unpaired) electrons. The van der Waals surface area contributed by atoms with Gasteiger partial charge in [0.2, 0.25) is 0 Å². The molecule has 1 unspecified atom stereocenters. The molecule has 1 aromatic carbocycles. The first-order valence-electron chi connectivity index (χ1n) is 15.3. The Balaban J connectivity index is 1.14. The average molecular weight is 599 g/mol. The van der Waals surface area contributed by atoms with Gasteiger partial charge in [0.15, 0.2) is 17.3 Å². The van der Waals surface area contributed by atoms with Crippen LogP contribution in [0.4, 0.5) is 5.82 Å². The third kappa shape index (κ3) is 7.30. The number of likely N-dealkylation sites (tertiary alicyclic amines) is 2. The highest BCUT2D eigenvalue weighted by molar-refractivity contribution is 7.81. The summed E-state index contributed by atoms with van der Waals surface area (Å²) in [6.45, 7) is 6.07. The molecule has 3 aliphatic heterocycles. The molecule has 1 amide bonds. The molecule has 3 fully saturated rings. The smallest absolute Gasteiger partial charge is 0.276 e. The van der Waals surface area contributed by atoms with Crippen LogP contribution in [0.5, 0.6) is 5.75 Å². The third-order valence-corrected chi connectivity index (χ3v) is 10.3. The number of aryl methyl sites for hydroxylation is 1. The van der Waals surface area contributed by atoms with Gasteiger partial charge in [-0.3, -0.25) is 4.79 Å². The van der Waals surface area contributed by atoms with Crippen molar-refractivity contribution in [3.8, 4) is 5.75 Å². The van der Waals surface area contributed by atoms with Crippen LogP contribution in [0.3, 0.4) is 0 Å². The van der Waals surface area contributed by atoms with Crippen LogP contribution in [0, 0.1) is 6.92 Å². The Labute approximate surface area is 252 Å². The van der Waals surface area contributed by atoms with Crippen LogP contribution in [-0.2, 0) is 15.7 Å². The Hall–Kier alpha value is -2.60. The van der Waals surface area contributed by atoms with Crippen molar-refractivity contribution in [1.29, 1.82) is 0 Å². The molecule has 3 aliphatic rings. The minimum absolute atomic E-state index is 0.0393. The normalized spacial score (nSPS) is 23.6. The highest BCUT2D eigenvalue weighted by Crippen LogP contribution is 2.33. The summed E-state index contributed by atoms with van der Waals surface area (Å²) in [6, 6.07) is 9.42. The SMILES string of the molecule is COc1c(NC[C@H]2CCC[C@@H](c3ccc(C)cc3)O2)ncnc1C(=O)N1CCC(N2CCC(N(C)S(C)=O)CC2)CC1. The third-order valence-electron chi connectivity index (χ3n) is 9.19. The van der Waals surface area contributed by atoms with E-state index in [4.69, 9.17) is 9.47 Å². The maximum atomic E-state index is 13.6. The topological polar surface area (TPSA) is 100 Å². The van der Waals surface area contributed by atoms with E-state index >= 15 is 0 Å². The predicted molar refractivity (Wildman–Crippen MR) is 165 cm³/mol. The van der Waals surface area contributed by atoms with E-state index in [0.29, 0.717) is 49.0 Å². The number of hydrogen-bond donors (Lipinski definition) is 1. The van der Waals surface area contributed by atoms with Crippen LogP contribution in [0.2, 0.25) is 0 Å². The number of ether oxygens (including phenoxy) is 2. The second-order valence-corrected chi connectivity index (χ2v) is 13.3. The Morgan fingerprint density at radius 2 is 1.79 bits per heavy atom. The zero-order chi connectivity index (χ0) is 29.6. The van der Waals surface area contributed by atoms with Crippen molar-refractivity contribution in [3.05, 3.63) is 47.4 Å². The number of carbonyl (C=O) groups is 1. The summed E-state index contributed by atoms with van der Waals surface area (Å²) in [5.74, 6) is 0.789. The van der Waals surface area contributed by atoms with Gasteiger partial charge < -0.3 is 24.6 Å². The zero-order valence-electron chi connectivity index (χ0n) is 25.5. The molecular weight excluding hydrogens is 552 g/mol. The summed E-state index contributed by atoms with van der Waals surface area (Å²) < 4.78 is 25.9. The Morgan fingerprint density at radius 1 is 1.07 bits per heavy atom. The molecule has 3 saturated heterocycles. The summed E-state index contributed by atoms with van der Waals surface area (Å²) in [6.07, 6.45) is 10.3. The van der Waals surface area contributed by atoms with E-state index in [9.17, 15) is 9.00 Å². The monoisotopic (exact) mass is 598 g/mol. The minimum atomic E-state index is -0.930. The van der Waals surface area contributed by atoms with Crippen LogP contribution in [-0.4, -0.2) is 106 Å². The number of nitrogens with zero attached hydrogens (tertiary/aromatic N) is 5. The average Bonchev–Trinajstić information content (AvgIpc) is 3.03. The van der Waals surface area contributed by atoms with Crippen molar-refractivity contribution in [2.45, 2.75) is 76.2 Å². The van der Waals surface area contributed by atoms with Crippen LogP contribution in [0.25, 0.3) is 0 Å². The first kappa shape index (κ1) is 30.8. The van der Waals surface area contributed by atoms with Crippen molar-refractivity contribution in [2.24, 2.45) is 0 Å². The standard InChI is InChI=1S/C31H46N6O4S/c1-22-8-10-23(11-9-22)27-7-5-6-26(41-27)20-32-30-29(40-3)28(33-21-34-30)31(38)37-18-14-25(15-19-37)36-16-12-24(13-17-36)35(2)42(4)39/h8-11,21,24-27H,5-7,12-20H2,1-4H3,(H,32,33,34)/t26-,27+,42?/m1/s1. The molecule has 2 aromatic rings. The molecule has 3 atom stereocenters. The number of nitrogens with one attached hydrogen (secondary N) is 1. The fourth-order valence-electron chi connectivity index (χ4n) is 6.54. The number of amides is 1. The van der Waals surface area contributed by atoms with E-state index in [2.05, 4.69) is 51.4 Å². The van der Waals surface area contributed by atoms with Gasteiger partial charge in [-0.1, -0.05) is 29.8 Å². The van der Waals surface area contributed by atoms with E-state index in [1.54, 1.807) is 13.4 Å². The lowest BCUT2D eigenvalue weighted by Gasteiger charge is -2.43. The lowest BCUT2D eigenvalue weighted by molar-refractivity contribution is -0.0442. The number of aromatic nitrogens is 2. The summed E-state index contributed by atoms with van der Waals surface area (Å²) in [4.78, 5) is 26.8. The number of carbonyl (C=O) groups excluding carboxylic acids is 1. The molecule has 0 aliphatic carbocycles. The second kappa shape index (κ2) is 14.2. The largest absolute Gasteiger partial charge is 0.491 e. The molecule has 0 spiro atoms. The Bertz CT molecular complexity index is 1210. The number of rotatable bonds is 9. The number of piperidine rings is 2. The molecule has 42 heavy (non-hydrogen) atoms. The minimum Gasteiger partial charge on any atom is -0.491 e. The van der Waals surface area contributed by atoms with Crippen LogP contribution in [0.1, 0.15) is 72.7 Å². The second-order valence-electron chi connectivity index (χ2n) is 11.8. The quantitative estimate of drug-likeness (QED) is 0.465. The van der Waals surface area contributed by atoms with Gasteiger partial charge in [0.1, 0.15) is 6.33 Å². The van der Waals surface area contributed by atoms with Crippen LogP contribution in [0.15, 0.2) is 30.6 Å². The van der Waals surface area contributed by atoms with E-state index < -0.39 is 11.0 Å². The maximum absolute atomic E-state index is 13.6. The van der Waals surface area contributed by atoms with Gasteiger partial charge in [0.05, 0.1) is 30.3 Å². The highest BCUT2D eigenvalue weighted by atomic mass is 32.2. The van der Waals surface area contributed by atoms with Gasteiger partial charge in [-0.15, -0.1) is 0 Å². The molecule has 230 valence electrons. The van der Waals surface area contributed by atoms with Crippen molar-refractivity contribution >= 4 is 22.7 Å². The predicted octanol–water partition coefficient (Wildman–Crippen LogP) is 3.81. The zero-order valence-corrected chi connectivity index (χ0v) is 26.3. The number of benzene rings is 1. The Morgan fingerprint density at radius 3 is 2.45 bits per heavy atom. The van der Waals surface area contributed by atoms with Crippen molar-refractivity contribution in [2.75, 3.05) is 58.5 Å². The summed E-state index contributed by atoms with van der Waals surface area (Å²) in [5, 5.41) is 3.38. The van der Waals surface area contributed by atoms with Crippen LogP contribution >= 0.6 is 0 Å². The highest BCUT2D eigenvalue weighted by Gasteiger charge is 2.33. The van der Waals surface area contributed by atoms with Gasteiger partial charge in [0, 0.05) is 45.0 Å². The van der Waals surface area contributed by atoms with Gasteiger partial charge in [-0.25, -0.2) is 18.5 Å². The van der Waals surface area contributed by atoms with Crippen LogP contribution < -0.4 is 10.1 Å². The summed E-state index contributed by atoms with van der Waals surface area (Å²) in [7, 11) is 2.58. The van der Waals surface area contributed by atoms with Crippen molar-refractivity contribution < 1.29 is 18.5 Å². The van der Waals surface area contributed by atoms with E-state index in [0.717, 1.165) is 58.0 Å².